The standard InChI is InChI=1S/C21H24N2O4/c1-14-5-8-16(9-6-14)27-18-10-7-15(13-22-18)19(24)23-17(20(25)26)11-12-21(2,3)4/h5-13,17H,1-4H3,(H,23,24)(H,25,26)/b12-11+. The second kappa shape index (κ2) is 8.49. The van der Waals surface area contributed by atoms with Crippen LogP contribution in [-0.4, -0.2) is 28.0 Å². The topological polar surface area (TPSA) is 88.5 Å². The van der Waals surface area contributed by atoms with E-state index in [-0.39, 0.29) is 11.0 Å². The number of carbonyl (C=O) groups excluding carboxylic acids is 1. The van der Waals surface area contributed by atoms with Crippen molar-refractivity contribution < 1.29 is 19.4 Å². The summed E-state index contributed by atoms with van der Waals surface area (Å²) in [7, 11) is 0. The molecule has 2 aromatic rings. The lowest BCUT2D eigenvalue weighted by Crippen LogP contribution is -2.39. The van der Waals surface area contributed by atoms with E-state index in [1.54, 1.807) is 12.1 Å². The number of carboxylic acids is 1. The number of carboxylic acid groups (broad SMARTS) is 1. The van der Waals surface area contributed by atoms with Gasteiger partial charge in [0.1, 0.15) is 11.8 Å². The van der Waals surface area contributed by atoms with Crippen LogP contribution in [0, 0.1) is 12.3 Å². The van der Waals surface area contributed by atoms with E-state index >= 15 is 0 Å². The second-order valence-electron chi connectivity index (χ2n) is 7.31. The molecule has 2 rings (SSSR count). The van der Waals surface area contributed by atoms with Crippen LogP contribution >= 0.6 is 0 Å². The zero-order valence-corrected chi connectivity index (χ0v) is 15.9. The Morgan fingerprint density at radius 1 is 1.15 bits per heavy atom. The molecule has 0 saturated heterocycles. The third-order valence-corrected chi connectivity index (χ3v) is 3.58. The van der Waals surface area contributed by atoms with E-state index in [1.165, 1.54) is 18.3 Å². The number of aromatic nitrogens is 1. The van der Waals surface area contributed by atoms with Crippen molar-refractivity contribution in [2.75, 3.05) is 0 Å². The van der Waals surface area contributed by atoms with Crippen LogP contribution in [0.25, 0.3) is 0 Å². The highest BCUT2D eigenvalue weighted by atomic mass is 16.5. The van der Waals surface area contributed by atoms with Gasteiger partial charge >= 0.3 is 5.97 Å². The molecule has 1 amide bonds. The van der Waals surface area contributed by atoms with Crippen molar-refractivity contribution in [2.24, 2.45) is 5.41 Å². The molecule has 0 spiro atoms. The largest absolute Gasteiger partial charge is 0.479 e. The number of hydrogen-bond acceptors (Lipinski definition) is 4. The summed E-state index contributed by atoms with van der Waals surface area (Å²) in [4.78, 5) is 27.8. The third kappa shape index (κ3) is 6.58. The minimum atomic E-state index is -1.13. The predicted octanol–water partition coefficient (Wildman–Crippen LogP) is 3.97. The molecule has 2 N–H and O–H groups in total. The number of carbonyl (C=O) groups is 2. The van der Waals surface area contributed by atoms with Gasteiger partial charge in [-0.15, -0.1) is 0 Å². The first kappa shape index (κ1) is 20.2. The lowest BCUT2D eigenvalue weighted by atomic mass is 9.95. The highest BCUT2D eigenvalue weighted by molar-refractivity contribution is 5.96. The van der Waals surface area contributed by atoms with Crippen LogP contribution in [0.2, 0.25) is 0 Å². The average Bonchev–Trinajstić information content (AvgIpc) is 2.60. The van der Waals surface area contributed by atoms with E-state index in [9.17, 15) is 14.7 Å². The molecular formula is C21H24N2O4. The Morgan fingerprint density at radius 3 is 2.33 bits per heavy atom. The Morgan fingerprint density at radius 2 is 1.81 bits per heavy atom. The number of ether oxygens (including phenoxy) is 1. The number of aryl methyl sites for hydroxylation is 1. The van der Waals surface area contributed by atoms with Gasteiger partial charge in [-0.05, 0) is 30.5 Å². The van der Waals surface area contributed by atoms with Crippen molar-refractivity contribution in [3.05, 3.63) is 65.9 Å². The number of amides is 1. The van der Waals surface area contributed by atoms with Crippen molar-refractivity contribution in [1.29, 1.82) is 0 Å². The van der Waals surface area contributed by atoms with Gasteiger partial charge < -0.3 is 15.2 Å². The number of rotatable bonds is 6. The molecule has 0 aliphatic rings. The minimum Gasteiger partial charge on any atom is -0.479 e. The molecule has 1 aromatic heterocycles. The van der Waals surface area contributed by atoms with E-state index < -0.39 is 17.9 Å². The molecule has 0 bridgehead atoms. The fourth-order valence-corrected chi connectivity index (χ4v) is 2.10. The molecule has 0 aliphatic carbocycles. The van der Waals surface area contributed by atoms with Crippen LogP contribution < -0.4 is 10.1 Å². The van der Waals surface area contributed by atoms with Crippen LogP contribution in [0.1, 0.15) is 36.7 Å². The molecule has 1 heterocycles. The van der Waals surface area contributed by atoms with Gasteiger partial charge in [-0.25, -0.2) is 9.78 Å². The van der Waals surface area contributed by atoms with Crippen LogP contribution in [0.15, 0.2) is 54.7 Å². The van der Waals surface area contributed by atoms with Gasteiger partial charge in [0, 0.05) is 12.3 Å². The quantitative estimate of drug-likeness (QED) is 0.753. The summed E-state index contributed by atoms with van der Waals surface area (Å²) in [5, 5.41) is 11.8. The highest BCUT2D eigenvalue weighted by Crippen LogP contribution is 2.20. The Balaban J connectivity index is 2.04. The fourth-order valence-electron chi connectivity index (χ4n) is 2.10. The summed E-state index contributed by atoms with van der Waals surface area (Å²) >= 11 is 0. The minimum absolute atomic E-state index is 0.186. The van der Waals surface area contributed by atoms with Gasteiger partial charge in [0.05, 0.1) is 5.56 Å². The first-order valence-corrected chi connectivity index (χ1v) is 8.58. The number of hydrogen-bond donors (Lipinski definition) is 2. The maximum Gasteiger partial charge on any atom is 0.330 e. The normalized spacial score (nSPS) is 12.6. The molecule has 0 aliphatic heterocycles. The molecule has 6 nitrogen and oxygen atoms in total. The molecule has 1 unspecified atom stereocenters. The fraction of sp³-hybridized carbons (Fsp3) is 0.286. The predicted molar refractivity (Wildman–Crippen MR) is 103 cm³/mol. The summed E-state index contributed by atoms with van der Waals surface area (Å²) in [6.07, 6.45) is 4.58. The van der Waals surface area contributed by atoms with Crippen LogP contribution in [-0.2, 0) is 4.79 Å². The van der Waals surface area contributed by atoms with E-state index in [4.69, 9.17) is 4.74 Å². The van der Waals surface area contributed by atoms with E-state index in [2.05, 4.69) is 10.3 Å². The second-order valence-corrected chi connectivity index (χ2v) is 7.31. The van der Waals surface area contributed by atoms with Crippen molar-refractivity contribution in [1.82, 2.24) is 10.3 Å². The molecule has 6 heteroatoms. The SMILES string of the molecule is Cc1ccc(Oc2ccc(C(=O)NC(/C=C/C(C)(C)C)C(=O)O)cn2)cc1. The zero-order valence-electron chi connectivity index (χ0n) is 15.9. The molecular weight excluding hydrogens is 344 g/mol. The molecule has 0 saturated carbocycles. The van der Waals surface area contributed by atoms with E-state index in [0.29, 0.717) is 11.6 Å². The van der Waals surface area contributed by atoms with Gasteiger partial charge in [-0.1, -0.05) is 50.6 Å². The first-order valence-electron chi connectivity index (χ1n) is 8.58. The maximum atomic E-state index is 12.3. The Bertz CT molecular complexity index is 819. The van der Waals surface area contributed by atoms with E-state index in [0.717, 1.165) is 5.56 Å². The number of nitrogens with zero attached hydrogens (tertiary/aromatic N) is 1. The van der Waals surface area contributed by atoms with Crippen molar-refractivity contribution in [2.45, 2.75) is 33.7 Å². The third-order valence-electron chi connectivity index (χ3n) is 3.58. The molecule has 27 heavy (non-hydrogen) atoms. The molecule has 142 valence electrons. The number of benzene rings is 1. The van der Waals surface area contributed by atoms with Crippen LogP contribution in [0.4, 0.5) is 0 Å². The Hall–Kier alpha value is -3.15. The van der Waals surface area contributed by atoms with Gasteiger partial charge in [-0.2, -0.15) is 0 Å². The molecule has 1 atom stereocenters. The summed E-state index contributed by atoms with van der Waals surface area (Å²) in [5.74, 6) is -0.659. The summed E-state index contributed by atoms with van der Waals surface area (Å²) in [5.41, 5.74) is 1.19. The molecule has 0 fully saturated rings. The zero-order chi connectivity index (χ0) is 20.0. The molecule has 0 radical (unpaired) electrons. The lowest BCUT2D eigenvalue weighted by Gasteiger charge is -2.15. The highest BCUT2D eigenvalue weighted by Gasteiger charge is 2.19. The summed E-state index contributed by atoms with van der Waals surface area (Å²) in [6, 6.07) is 9.50. The van der Waals surface area contributed by atoms with E-state index in [1.807, 2.05) is 52.0 Å². The van der Waals surface area contributed by atoms with Crippen LogP contribution in [0.3, 0.4) is 0 Å². The Kier molecular flexibility index (Phi) is 6.34. The monoisotopic (exact) mass is 368 g/mol. The molecule has 1 aromatic carbocycles. The number of aliphatic carboxylic acids is 1. The number of pyridine rings is 1. The van der Waals surface area contributed by atoms with Crippen molar-refractivity contribution in [3.8, 4) is 11.6 Å². The van der Waals surface area contributed by atoms with Crippen LogP contribution in [0.5, 0.6) is 11.6 Å². The van der Waals surface area contributed by atoms with Crippen molar-refractivity contribution >= 4 is 11.9 Å². The average molecular weight is 368 g/mol. The maximum absolute atomic E-state index is 12.3. The number of nitrogens with one attached hydrogen (secondary N) is 1. The van der Waals surface area contributed by atoms with Gasteiger partial charge in [0.2, 0.25) is 5.88 Å². The van der Waals surface area contributed by atoms with Gasteiger partial charge in [0.25, 0.3) is 5.91 Å². The first-order chi connectivity index (χ1) is 12.6. The van der Waals surface area contributed by atoms with Gasteiger partial charge in [0.15, 0.2) is 0 Å². The Labute approximate surface area is 158 Å². The lowest BCUT2D eigenvalue weighted by molar-refractivity contribution is -0.137. The smallest absolute Gasteiger partial charge is 0.330 e. The number of allylic oxidation sites excluding steroid dienone is 1. The summed E-state index contributed by atoms with van der Waals surface area (Å²) < 4.78 is 5.62. The van der Waals surface area contributed by atoms with Gasteiger partial charge in [-0.3, -0.25) is 4.79 Å². The van der Waals surface area contributed by atoms with Crippen molar-refractivity contribution in [3.63, 3.8) is 0 Å². The summed E-state index contributed by atoms with van der Waals surface area (Å²) in [6.45, 7) is 7.82.